The molecule has 0 atom stereocenters. The van der Waals surface area contributed by atoms with Gasteiger partial charge in [0.05, 0.1) is 0 Å². The molecular weight excluding hydrogens is 386 g/mol. The Labute approximate surface area is 176 Å². The van der Waals surface area contributed by atoms with Crippen molar-refractivity contribution >= 4 is 11.3 Å². The van der Waals surface area contributed by atoms with Crippen molar-refractivity contribution in [3.63, 3.8) is 0 Å². The second kappa shape index (κ2) is 9.18. The number of benzene rings is 2. The van der Waals surface area contributed by atoms with E-state index < -0.39 is 0 Å². The van der Waals surface area contributed by atoms with E-state index in [9.17, 15) is 5.11 Å². The zero-order valence-corrected chi connectivity index (χ0v) is 16.3. The molecule has 2 aliphatic rings. The van der Waals surface area contributed by atoms with Crippen LogP contribution < -0.4 is 10.4 Å². The van der Waals surface area contributed by atoms with E-state index in [0.717, 1.165) is 33.7 Å². The molecule has 0 spiro atoms. The van der Waals surface area contributed by atoms with Crippen LogP contribution in [0.15, 0.2) is 121 Å². The van der Waals surface area contributed by atoms with Crippen molar-refractivity contribution in [2.24, 2.45) is 0 Å². The number of hydrogen-bond donors (Lipinski definition) is 1. The van der Waals surface area contributed by atoms with E-state index in [2.05, 4.69) is 35.7 Å². The fraction of sp³-hybridized carbons (Fsp3) is 0. The Balaban J connectivity index is 0.000000329. The van der Waals surface area contributed by atoms with E-state index in [1.165, 1.54) is 0 Å². The standard InChI is InChI=1S/C20H15NO.C5H5.Fe/c22-16-10-11-19-18(12-16)17(14-6-2-1-3-7-14)13-20(21-19)15-8-4-5-9-15;1-2-4-5-3-1;/h1-13,21-22H;1-5H;/q;-1;+2/p-1. The SMILES string of the molecule is [Fe+2].[O-]c1ccc2c(c1)C(c1ccccc1)=CC(=C1C=CC=C1)N2.c1cc[cH-]c1. The molecule has 28 heavy (non-hydrogen) atoms. The van der Waals surface area contributed by atoms with Gasteiger partial charge in [-0.1, -0.05) is 66.8 Å². The minimum atomic E-state index is 0. The van der Waals surface area contributed by atoms with Gasteiger partial charge in [-0.3, -0.25) is 0 Å². The molecule has 0 unspecified atom stereocenters. The fourth-order valence-electron chi connectivity index (χ4n) is 3.14. The summed E-state index contributed by atoms with van der Waals surface area (Å²) in [6.45, 7) is 0. The van der Waals surface area contributed by atoms with Gasteiger partial charge in [-0.25, -0.2) is 12.1 Å². The first-order chi connectivity index (χ1) is 13.3. The molecule has 138 valence electrons. The molecule has 0 aromatic heterocycles. The first-order valence-electron chi connectivity index (χ1n) is 8.92. The molecule has 1 N–H and O–H groups in total. The van der Waals surface area contributed by atoms with Crippen LogP contribution in [-0.4, -0.2) is 0 Å². The van der Waals surface area contributed by atoms with E-state index in [4.69, 9.17) is 0 Å². The van der Waals surface area contributed by atoms with Crippen LogP contribution in [0.2, 0.25) is 0 Å². The van der Waals surface area contributed by atoms with Crippen LogP contribution >= 0.6 is 0 Å². The van der Waals surface area contributed by atoms with Crippen molar-refractivity contribution in [1.82, 2.24) is 0 Å². The van der Waals surface area contributed by atoms with Gasteiger partial charge in [-0.2, -0.15) is 18.2 Å². The molecule has 0 bridgehead atoms. The molecule has 5 rings (SSSR count). The number of allylic oxidation sites excluding steroid dienone is 6. The van der Waals surface area contributed by atoms with Gasteiger partial charge in [-0.15, -0.1) is 5.75 Å². The normalized spacial score (nSPS) is 13.6. The van der Waals surface area contributed by atoms with Gasteiger partial charge in [0.25, 0.3) is 0 Å². The Morgan fingerprint density at radius 2 is 1.54 bits per heavy atom. The Kier molecular flexibility index (Phi) is 6.44. The predicted molar refractivity (Wildman–Crippen MR) is 110 cm³/mol. The molecule has 1 aliphatic carbocycles. The summed E-state index contributed by atoms with van der Waals surface area (Å²) in [5.41, 5.74) is 6.30. The van der Waals surface area contributed by atoms with Crippen LogP contribution in [0.25, 0.3) is 5.57 Å². The van der Waals surface area contributed by atoms with Gasteiger partial charge >= 0.3 is 17.1 Å². The van der Waals surface area contributed by atoms with Crippen molar-refractivity contribution in [3.05, 3.63) is 132 Å². The van der Waals surface area contributed by atoms with Crippen molar-refractivity contribution in [1.29, 1.82) is 0 Å². The molecule has 0 saturated carbocycles. The molecular formula is C25H19FeNO. The number of rotatable bonds is 1. The number of nitrogens with one attached hydrogen (secondary N) is 1. The quantitative estimate of drug-likeness (QED) is 0.435. The number of anilines is 1. The molecule has 3 aromatic carbocycles. The van der Waals surface area contributed by atoms with Crippen LogP contribution in [-0.2, 0) is 17.1 Å². The maximum atomic E-state index is 11.8. The van der Waals surface area contributed by atoms with Gasteiger partial charge < -0.3 is 10.4 Å². The zero-order valence-electron chi connectivity index (χ0n) is 15.2. The molecule has 3 aromatic rings. The monoisotopic (exact) mass is 405 g/mol. The molecule has 0 amide bonds. The first-order valence-corrected chi connectivity index (χ1v) is 8.92. The first kappa shape index (κ1) is 19.6. The fourth-order valence-corrected chi connectivity index (χ4v) is 3.14. The largest absolute Gasteiger partial charge is 2.00 e. The van der Waals surface area contributed by atoms with Crippen LogP contribution in [0.5, 0.6) is 5.75 Å². The summed E-state index contributed by atoms with van der Waals surface area (Å²) in [4.78, 5) is 0. The summed E-state index contributed by atoms with van der Waals surface area (Å²) >= 11 is 0. The molecule has 2 nitrogen and oxygen atoms in total. The molecule has 1 heterocycles. The Hall–Kier alpha value is -3.13. The molecule has 0 saturated heterocycles. The Morgan fingerprint density at radius 3 is 2.18 bits per heavy atom. The third-order valence-electron chi connectivity index (χ3n) is 4.45. The topological polar surface area (TPSA) is 35.1 Å². The van der Waals surface area contributed by atoms with E-state index >= 15 is 0 Å². The van der Waals surface area contributed by atoms with Gasteiger partial charge in [0.1, 0.15) is 0 Å². The van der Waals surface area contributed by atoms with Crippen molar-refractivity contribution in [3.8, 4) is 5.75 Å². The minimum Gasteiger partial charge on any atom is -0.872 e. The summed E-state index contributed by atoms with van der Waals surface area (Å²) in [6.07, 6.45) is 10.3. The minimum absolute atomic E-state index is 0. The van der Waals surface area contributed by atoms with E-state index in [-0.39, 0.29) is 22.8 Å². The second-order valence-electron chi connectivity index (χ2n) is 6.31. The Bertz CT molecular complexity index is 1010. The number of hydrogen-bond acceptors (Lipinski definition) is 2. The summed E-state index contributed by atoms with van der Waals surface area (Å²) in [5, 5.41) is 15.2. The van der Waals surface area contributed by atoms with Gasteiger partial charge in [0, 0.05) is 16.9 Å². The third-order valence-corrected chi connectivity index (χ3v) is 4.45. The summed E-state index contributed by atoms with van der Waals surface area (Å²) < 4.78 is 0. The molecule has 0 fully saturated rings. The molecule has 0 radical (unpaired) electrons. The van der Waals surface area contributed by atoms with Gasteiger partial charge in [0.2, 0.25) is 0 Å². The van der Waals surface area contributed by atoms with Crippen LogP contribution in [0.3, 0.4) is 0 Å². The predicted octanol–water partition coefficient (Wildman–Crippen LogP) is 5.40. The van der Waals surface area contributed by atoms with Crippen molar-refractivity contribution in [2.45, 2.75) is 0 Å². The molecule has 3 heteroatoms. The zero-order chi connectivity index (χ0) is 18.5. The average molecular weight is 405 g/mol. The van der Waals surface area contributed by atoms with Gasteiger partial charge in [0.15, 0.2) is 0 Å². The van der Waals surface area contributed by atoms with E-state index in [1.54, 1.807) is 12.1 Å². The average Bonchev–Trinajstić information content (AvgIpc) is 3.44. The van der Waals surface area contributed by atoms with Crippen LogP contribution in [0.1, 0.15) is 11.1 Å². The van der Waals surface area contributed by atoms with Crippen molar-refractivity contribution < 1.29 is 22.2 Å². The Morgan fingerprint density at radius 1 is 0.821 bits per heavy atom. The number of fused-ring (bicyclic) bond motifs is 1. The maximum absolute atomic E-state index is 11.8. The van der Waals surface area contributed by atoms with Crippen LogP contribution in [0, 0.1) is 0 Å². The summed E-state index contributed by atoms with van der Waals surface area (Å²) in [5.74, 6) is 0.0270. The maximum Gasteiger partial charge on any atom is 2.00 e. The summed E-state index contributed by atoms with van der Waals surface area (Å²) in [6, 6.07) is 25.3. The molecule has 1 aliphatic heterocycles. The van der Waals surface area contributed by atoms with E-state index in [1.807, 2.05) is 66.7 Å². The van der Waals surface area contributed by atoms with Crippen molar-refractivity contribution in [2.75, 3.05) is 5.32 Å². The van der Waals surface area contributed by atoms with Crippen LogP contribution in [0.4, 0.5) is 5.69 Å². The third kappa shape index (κ3) is 4.40. The second-order valence-corrected chi connectivity index (χ2v) is 6.31. The van der Waals surface area contributed by atoms with Gasteiger partial charge in [-0.05, 0) is 28.9 Å². The summed E-state index contributed by atoms with van der Waals surface area (Å²) in [7, 11) is 0. The smallest absolute Gasteiger partial charge is 0.872 e. The van der Waals surface area contributed by atoms with E-state index in [0.29, 0.717) is 0 Å².